The van der Waals surface area contributed by atoms with E-state index >= 15 is 0 Å². The van der Waals surface area contributed by atoms with E-state index in [1.165, 1.54) is 12.0 Å². The van der Waals surface area contributed by atoms with Crippen molar-refractivity contribution in [1.82, 2.24) is 0 Å². The quantitative estimate of drug-likeness (QED) is 0.526. The van der Waals surface area contributed by atoms with Crippen molar-refractivity contribution in [2.75, 3.05) is 0 Å². The van der Waals surface area contributed by atoms with Crippen molar-refractivity contribution >= 4 is 0 Å². The molecule has 0 saturated heterocycles. The molecule has 0 spiro atoms. The van der Waals surface area contributed by atoms with E-state index in [0.29, 0.717) is 11.8 Å². The maximum Gasteiger partial charge on any atom is 0.0582 e. The van der Waals surface area contributed by atoms with E-state index in [0.717, 1.165) is 6.42 Å². The third-order valence-corrected chi connectivity index (χ3v) is 3.78. The molecule has 0 aromatic carbocycles. The molecule has 2 rings (SSSR count). The van der Waals surface area contributed by atoms with Gasteiger partial charge >= 0.3 is 0 Å². The van der Waals surface area contributed by atoms with Crippen molar-refractivity contribution in [1.29, 1.82) is 0 Å². The minimum atomic E-state index is -0.0551. The second-order valence-electron chi connectivity index (χ2n) is 4.59. The molecule has 62 valence electrons. The fraction of sp³-hybridized carbons (Fsp3) is 0.800. The van der Waals surface area contributed by atoms with Gasteiger partial charge in [-0.05, 0) is 30.1 Å². The maximum absolute atomic E-state index is 9.63. The van der Waals surface area contributed by atoms with Gasteiger partial charge in [0, 0.05) is 0 Å². The Bertz CT molecular complexity index is 205. The molecule has 2 aliphatic rings. The Labute approximate surface area is 68.1 Å². The van der Waals surface area contributed by atoms with Crippen molar-refractivity contribution in [2.24, 2.45) is 17.3 Å². The standard InChI is InChI=1S/C10H16O/c1-6-7-4-8(9(11)5-7)10(6,2)3/h7-9,11H,1,4-5H2,2-3H3/t7-,8+,9+/m0/s1. The van der Waals surface area contributed by atoms with Gasteiger partial charge in [0.15, 0.2) is 0 Å². The Kier molecular flexibility index (Phi) is 1.26. The number of aliphatic hydroxyl groups excluding tert-OH is 1. The first kappa shape index (κ1) is 7.35. The smallest absolute Gasteiger partial charge is 0.0582 e. The van der Waals surface area contributed by atoms with E-state index in [1.807, 2.05) is 0 Å². The Balaban J connectivity index is 2.34. The molecule has 2 aliphatic carbocycles. The van der Waals surface area contributed by atoms with E-state index in [1.54, 1.807) is 0 Å². The molecule has 0 aromatic rings. The summed E-state index contributed by atoms with van der Waals surface area (Å²) in [7, 11) is 0. The number of rotatable bonds is 0. The van der Waals surface area contributed by atoms with Gasteiger partial charge in [-0.2, -0.15) is 0 Å². The van der Waals surface area contributed by atoms with Crippen LogP contribution in [0.4, 0.5) is 0 Å². The molecule has 2 bridgehead atoms. The average Bonchev–Trinajstić information content (AvgIpc) is 2.35. The van der Waals surface area contributed by atoms with E-state index < -0.39 is 0 Å². The van der Waals surface area contributed by atoms with Crippen molar-refractivity contribution in [3.8, 4) is 0 Å². The SMILES string of the molecule is C=C1[C@@H]2C[C@@H](O)[C@@H](C2)C1(C)C. The molecule has 3 atom stereocenters. The number of hydrogen-bond acceptors (Lipinski definition) is 1. The summed E-state index contributed by atoms with van der Waals surface area (Å²) in [5, 5.41) is 9.63. The average molecular weight is 152 g/mol. The Morgan fingerprint density at radius 3 is 2.45 bits per heavy atom. The predicted molar refractivity (Wildman–Crippen MR) is 45.1 cm³/mol. The van der Waals surface area contributed by atoms with Crippen LogP contribution in [0.3, 0.4) is 0 Å². The maximum atomic E-state index is 9.63. The zero-order valence-corrected chi connectivity index (χ0v) is 7.30. The normalized spacial score (nSPS) is 46.8. The van der Waals surface area contributed by atoms with Crippen molar-refractivity contribution in [3.05, 3.63) is 12.2 Å². The van der Waals surface area contributed by atoms with E-state index in [-0.39, 0.29) is 11.5 Å². The van der Waals surface area contributed by atoms with Gasteiger partial charge in [-0.1, -0.05) is 26.0 Å². The molecule has 0 aromatic heterocycles. The lowest BCUT2D eigenvalue weighted by Crippen LogP contribution is -2.32. The molecule has 11 heavy (non-hydrogen) atoms. The van der Waals surface area contributed by atoms with Gasteiger partial charge < -0.3 is 5.11 Å². The topological polar surface area (TPSA) is 20.2 Å². The van der Waals surface area contributed by atoms with Crippen LogP contribution in [0.15, 0.2) is 12.2 Å². The molecule has 0 radical (unpaired) electrons. The van der Waals surface area contributed by atoms with Crippen LogP contribution in [-0.4, -0.2) is 11.2 Å². The van der Waals surface area contributed by atoms with E-state index in [4.69, 9.17) is 0 Å². The van der Waals surface area contributed by atoms with Gasteiger partial charge in [0.25, 0.3) is 0 Å². The Hall–Kier alpha value is -0.300. The van der Waals surface area contributed by atoms with E-state index in [9.17, 15) is 5.11 Å². The molecule has 0 unspecified atom stereocenters. The molecule has 2 saturated carbocycles. The number of aliphatic hydroxyl groups is 1. The fourth-order valence-corrected chi connectivity index (χ4v) is 2.84. The summed E-state index contributed by atoms with van der Waals surface area (Å²) in [6, 6.07) is 0. The summed E-state index contributed by atoms with van der Waals surface area (Å²) >= 11 is 0. The largest absolute Gasteiger partial charge is 0.393 e. The minimum absolute atomic E-state index is 0.0551. The van der Waals surface area contributed by atoms with Gasteiger partial charge in [0.05, 0.1) is 6.10 Å². The first-order valence-electron chi connectivity index (χ1n) is 4.41. The van der Waals surface area contributed by atoms with Crippen LogP contribution >= 0.6 is 0 Å². The van der Waals surface area contributed by atoms with Crippen molar-refractivity contribution in [2.45, 2.75) is 32.8 Å². The molecular formula is C10H16O. The van der Waals surface area contributed by atoms with Gasteiger partial charge in [-0.15, -0.1) is 0 Å². The summed E-state index contributed by atoms with van der Waals surface area (Å²) in [6.07, 6.45) is 2.08. The van der Waals surface area contributed by atoms with Crippen LogP contribution in [0.25, 0.3) is 0 Å². The number of hydrogen-bond donors (Lipinski definition) is 1. The molecule has 0 aliphatic heterocycles. The van der Waals surface area contributed by atoms with Crippen LogP contribution in [0.5, 0.6) is 0 Å². The Morgan fingerprint density at radius 1 is 1.45 bits per heavy atom. The van der Waals surface area contributed by atoms with Gasteiger partial charge in [0.2, 0.25) is 0 Å². The summed E-state index contributed by atoms with van der Waals surface area (Å²) in [4.78, 5) is 0. The zero-order chi connectivity index (χ0) is 8.22. The predicted octanol–water partition coefficient (Wildman–Crippen LogP) is 1.97. The highest BCUT2D eigenvalue weighted by Crippen LogP contribution is 2.58. The lowest BCUT2D eigenvalue weighted by Gasteiger charge is -2.35. The highest BCUT2D eigenvalue weighted by atomic mass is 16.3. The highest BCUT2D eigenvalue weighted by Gasteiger charge is 2.52. The van der Waals surface area contributed by atoms with Gasteiger partial charge in [-0.25, -0.2) is 0 Å². The molecular weight excluding hydrogens is 136 g/mol. The van der Waals surface area contributed by atoms with E-state index in [2.05, 4.69) is 20.4 Å². The second kappa shape index (κ2) is 1.89. The third-order valence-electron chi connectivity index (χ3n) is 3.78. The van der Waals surface area contributed by atoms with Crippen molar-refractivity contribution < 1.29 is 5.11 Å². The number of fused-ring (bicyclic) bond motifs is 2. The summed E-state index contributed by atoms with van der Waals surface area (Å²) < 4.78 is 0. The highest BCUT2D eigenvalue weighted by molar-refractivity contribution is 5.24. The second-order valence-corrected chi connectivity index (χ2v) is 4.59. The molecule has 1 heteroatoms. The molecule has 0 heterocycles. The fourth-order valence-electron chi connectivity index (χ4n) is 2.84. The summed E-state index contributed by atoms with van der Waals surface area (Å²) in [5.74, 6) is 1.10. The monoisotopic (exact) mass is 152 g/mol. The van der Waals surface area contributed by atoms with Crippen LogP contribution < -0.4 is 0 Å². The van der Waals surface area contributed by atoms with Crippen molar-refractivity contribution in [3.63, 3.8) is 0 Å². The Morgan fingerprint density at radius 2 is 2.09 bits per heavy atom. The van der Waals surface area contributed by atoms with Gasteiger partial charge in [-0.3, -0.25) is 0 Å². The van der Waals surface area contributed by atoms with Gasteiger partial charge in [0.1, 0.15) is 0 Å². The lowest BCUT2D eigenvalue weighted by atomic mass is 9.72. The first-order valence-corrected chi connectivity index (χ1v) is 4.41. The summed E-state index contributed by atoms with van der Waals surface area (Å²) in [6.45, 7) is 8.53. The number of allylic oxidation sites excluding steroid dienone is 1. The molecule has 0 amide bonds. The summed E-state index contributed by atoms with van der Waals surface area (Å²) in [5.41, 5.74) is 1.57. The van der Waals surface area contributed by atoms with Crippen LogP contribution in [-0.2, 0) is 0 Å². The van der Waals surface area contributed by atoms with Crippen LogP contribution in [0.2, 0.25) is 0 Å². The van der Waals surface area contributed by atoms with Crippen LogP contribution in [0, 0.1) is 17.3 Å². The molecule has 2 fully saturated rings. The van der Waals surface area contributed by atoms with Crippen LogP contribution in [0.1, 0.15) is 26.7 Å². The first-order chi connectivity index (χ1) is 5.03. The minimum Gasteiger partial charge on any atom is -0.393 e. The molecule has 1 N–H and O–H groups in total. The lowest BCUT2D eigenvalue weighted by molar-refractivity contribution is 0.0685. The zero-order valence-electron chi connectivity index (χ0n) is 7.30. The molecule has 1 nitrogen and oxygen atoms in total. The third kappa shape index (κ3) is 0.750.